The first-order valence-electron chi connectivity index (χ1n) is 4.62. The molecule has 0 unspecified atom stereocenters. The quantitative estimate of drug-likeness (QED) is 0.507. The van der Waals surface area contributed by atoms with E-state index in [2.05, 4.69) is 44.2 Å². The normalized spacial score (nSPS) is 10.4. The minimum absolute atomic E-state index is 0.0328. The molecule has 13 heavy (non-hydrogen) atoms. The molecule has 0 aliphatic rings. The van der Waals surface area contributed by atoms with Crippen LogP contribution in [0.1, 0.15) is 12.0 Å². The van der Waals surface area contributed by atoms with Crippen LogP contribution in [0.2, 0.25) is 0 Å². The second kappa shape index (κ2) is 5.19. The summed E-state index contributed by atoms with van der Waals surface area (Å²) in [5.41, 5.74) is 1.50. The molecule has 0 spiro atoms. The average Bonchev–Trinajstić information content (AvgIpc) is 2.15. The maximum absolute atomic E-state index is 3.76. The molecular weight excluding hydrogens is 175 g/mol. The maximum Gasteiger partial charge on any atom is -0.0214 e. The third kappa shape index (κ3) is 2.97. The van der Waals surface area contributed by atoms with E-state index in [4.69, 9.17) is 0 Å². The summed E-state index contributed by atoms with van der Waals surface area (Å²) in [5.74, 6) is 0. The van der Waals surface area contributed by atoms with Gasteiger partial charge < -0.3 is 0 Å². The zero-order chi connectivity index (χ0) is 9.68. The van der Waals surface area contributed by atoms with Crippen molar-refractivity contribution in [2.75, 3.05) is 13.3 Å². The molecule has 0 amide bonds. The van der Waals surface area contributed by atoms with Gasteiger partial charge in [-0.05, 0) is 37.0 Å². The zero-order valence-corrected chi connectivity index (χ0v) is 9.35. The van der Waals surface area contributed by atoms with E-state index in [-0.39, 0.29) is 7.92 Å². The lowest BCUT2D eigenvalue weighted by molar-refractivity contribution is 1.01. The van der Waals surface area contributed by atoms with E-state index in [1.807, 2.05) is 6.08 Å². The van der Waals surface area contributed by atoms with Gasteiger partial charge in [0.25, 0.3) is 0 Å². The summed E-state index contributed by atoms with van der Waals surface area (Å²) in [5, 5.41) is 1.54. The Balaban J connectivity index is 2.84. The maximum atomic E-state index is 3.76. The topological polar surface area (TPSA) is 0 Å². The van der Waals surface area contributed by atoms with Crippen LogP contribution in [-0.4, -0.2) is 13.3 Å². The molecule has 0 nitrogen and oxygen atoms in total. The van der Waals surface area contributed by atoms with E-state index in [1.165, 1.54) is 5.56 Å². The highest BCUT2D eigenvalue weighted by Crippen LogP contribution is 2.25. The highest BCUT2D eigenvalue weighted by molar-refractivity contribution is 7.64. The standard InChI is InChI=1S/C12H17P/c1-4-5-8-11-9-6-7-10-12(11)13(2)3/h4,6-7,9-10H,1,5,8H2,2-3H3. The summed E-state index contributed by atoms with van der Waals surface area (Å²) in [6.45, 7) is 8.37. The van der Waals surface area contributed by atoms with Crippen molar-refractivity contribution in [2.45, 2.75) is 12.8 Å². The number of hydrogen-bond acceptors (Lipinski definition) is 0. The van der Waals surface area contributed by atoms with Gasteiger partial charge in [0.15, 0.2) is 0 Å². The molecule has 0 heterocycles. The number of benzene rings is 1. The van der Waals surface area contributed by atoms with Gasteiger partial charge in [-0.15, -0.1) is 6.58 Å². The molecule has 0 aromatic heterocycles. The molecule has 1 aromatic carbocycles. The smallest absolute Gasteiger partial charge is 0.0214 e. The molecular formula is C12H17P. The third-order valence-corrected chi connectivity index (χ3v) is 3.49. The van der Waals surface area contributed by atoms with Crippen LogP contribution in [0.4, 0.5) is 0 Å². The van der Waals surface area contributed by atoms with Crippen LogP contribution in [0.25, 0.3) is 0 Å². The summed E-state index contributed by atoms with van der Waals surface area (Å²) in [6, 6.07) is 8.75. The van der Waals surface area contributed by atoms with Crippen LogP contribution in [0.5, 0.6) is 0 Å². The van der Waals surface area contributed by atoms with Crippen molar-refractivity contribution in [3.63, 3.8) is 0 Å². The highest BCUT2D eigenvalue weighted by atomic mass is 31.1. The number of rotatable bonds is 4. The van der Waals surface area contributed by atoms with Crippen molar-refractivity contribution in [2.24, 2.45) is 0 Å². The van der Waals surface area contributed by atoms with E-state index in [0.717, 1.165) is 12.8 Å². The fourth-order valence-corrected chi connectivity index (χ4v) is 2.56. The second-order valence-corrected chi connectivity index (χ2v) is 5.62. The summed E-state index contributed by atoms with van der Waals surface area (Å²) in [6.07, 6.45) is 4.21. The minimum atomic E-state index is 0.0328. The van der Waals surface area contributed by atoms with Gasteiger partial charge in [0.2, 0.25) is 0 Å². The van der Waals surface area contributed by atoms with Gasteiger partial charge >= 0.3 is 0 Å². The lowest BCUT2D eigenvalue weighted by Gasteiger charge is -2.11. The molecule has 0 saturated heterocycles. The molecule has 0 fully saturated rings. The number of hydrogen-bond donors (Lipinski definition) is 0. The Hall–Kier alpha value is -0.610. The van der Waals surface area contributed by atoms with Crippen LogP contribution in [0.15, 0.2) is 36.9 Å². The largest absolute Gasteiger partial charge is 0.103 e. The average molecular weight is 192 g/mol. The first-order valence-corrected chi connectivity index (χ1v) is 6.85. The fourth-order valence-electron chi connectivity index (χ4n) is 1.42. The van der Waals surface area contributed by atoms with E-state index >= 15 is 0 Å². The van der Waals surface area contributed by atoms with Gasteiger partial charge in [0.1, 0.15) is 0 Å². The van der Waals surface area contributed by atoms with E-state index in [0.29, 0.717) is 0 Å². The highest BCUT2D eigenvalue weighted by Gasteiger charge is 2.03. The number of aryl methyl sites for hydroxylation is 1. The van der Waals surface area contributed by atoms with Crippen molar-refractivity contribution < 1.29 is 0 Å². The summed E-state index contributed by atoms with van der Waals surface area (Å²) < 4.78 is 0. The lowest BCUT2D eigenvalue weighted by Crippen LogP contribution is -2.06. The van der Waals surface area contributed by atoms with Gasteiger partial charge in [0, 0.05) is 0 Å². The Kier molecular flexibility index (Phi) is 4.18. The first-order chi connectivity index (χ1) is 6.25. The van der Waals surface area contributed by atoms with Gasteiger partial charge in [-0.2, -0.15) is 0 Å². The summed E-state index contributed by atoms with van der Waals surface area (Å²) >= 11 is 0. The van der Waals surface area contributed by atoms with Crippen LogP contribution in [0, 0.1) is 0 Å². The minimum Gasteiger partial charge on any atom is -0.103 e. The first kappa shape index (κ1) is 10.5. The van der Waals surface area contributed by atoms with Gasteiger partial charge in [-0.1, -0.05) is 38.3 Å². The molecule has 0 saturated carbocycles. The summed E-state index contributed by atoms with van der Waals surface area (Å²) in [4.78, 5) is 0. The molecule has 0 N–H and O–H groups in total. The SMILES string of the molecule is C=CCCc1ccccc1P(C)C. The fraction of sp³-hybridized carbons (Fsp3) is 0.333. The lowest BCUT2D eigenvalue weighted by atomic mass is 10.1. The molecule has 0 atom stereocenters. The van der Waals surface area contributed by atoms with E-state index in [1.54, 1.807) is 5.30 Å². The Morgan fingerprint density at radius 3 is 2.62 bits per heavy atom. The Morgan fingerprint density at radius 2 is 2.00 bits per heavy atom. The van der Waals surface area contributed by atoms with Gasteiger partial charge in [-0.3, -0.25) is 0 Å². The van der Waals surface area contributed by atoms with Gasteiger partial charge in [0.05, 0.1) is 0 Å². The van der Waals surface area contributed by atoms with Crippen LogP contribution >= 0.6 is 7.92 Å². The number of allylic oxidation sites excluding steroid dienone is 1. The van der Waals surface area contributed by atoms with Crippen molar-refractivity contribution in [1.29, 1.82) is 0 Å². The van der Waals surface area contributed by atoms with Crippen molar-refractivity contribution in [3.05, 3.63) is 42.5 Å². The van der Waals surface area contributed by atoms with Crippen LogP contribution in [0.3, 0.4) is 0 Å². The molecule has 0 bridgehead atoms. The van der Waals surface area contributed by atoms with Crippen molar-refractivity contribution in [1.82, 2.24) is 0 Å². The Labute approximate surface area is 82.4 Å². The third-order valence-electron chi connectivity index (χ3n) is 2.09. The summed E-state index contributed by atoms with van der Waals surface area (Å²) in [7, 11) is 0.0328. The Morgan fingerprint density at radius 1 is 1.31 bits per heavy atom. The Bertz CT molecular complexity index is 276. The molecule has 1 aromatic rings. The second-order valence-electron chi connectivity index (χ2n) is 3.35. The molecule has 0 aliphatic carbocycles. The predicted molar refractivity (Wildman–Crippen MR) is 63.4 cm³/mol. The van der Waals surface area contributed by atoms with E-state index in [9.17, 15) is 0 Å². The van der Waals surface area contributed by atoms with Gasteiger partial charge in [-0.25, -0.2) is 0 Å². The monoisotopic (exact) mass is 192 g/mol. The van der Waals surface area contributed by atoms with Crippen molar-refractivity contribution >= 4 is 13.2 Å². The molecule has 0 radical (unpaired) electrons. The molecule has 0 aliphatic heterocycles. The molecule has 70 valence electrons. The van der Waals surface area contributed by atoms with Crippen LogP contribution in [-0.2, 0) is 6.42 Å². The van der Waals surface area contributed by atoms with E-state index < -0.39 is 0 Å². The zero-order valence-electron chi connectivity index (χ0n) is 8.46. The molecule has 1 heteroatoms. The van der Waals surface area contributed by atoms with Crippen molar-refractivity contribution in [3.8, 4) is 0 Å². The molecule has 1 rings (SSSR count). The van der Waals surface area contributed by atoms with Crippen LogP contribution < -0.4 is 5.30 Å². The predicted octanol–water partition coefficient (Wildman–Crippen LogP) is 3.17.